The van der Waals surface area contributed by atoms with Crippen LogP contribution in [0.2, 0.25) is 0 Å². The lowest BCUT2D eigenvalue weighted by Gasteiger charge is -2.22. The van der Waals surface area contributed by atoms with Gasteiger partial charge in [-0.25, -0.2) is 4.57 Å². The molecule has 1 heterocycles. The van der Waals surface area contributed by atoms with Crippen LogP contribution in [0.1, 0.15) is 62.8 Å². The van der Waals surface area contributed by atoms with Gasteiger partial charge in [-0.3, -0.25) is 0 Å². The summed E-state index contributed by atoms with van der Waals surface area (Å²) in [5.74, 6) is 0.542. The largest absolute Gasteiger partial charge is 0.287 e. The Morgan fingerprint density at radius 3 is 2.12 bits per heavy atom. The first kappa shape index (κ1) is 22.2. The zero-order chi connectivity index (χ0) is 23.2. The van der Waals surface area contributed by atoms with Crippen molar-refractivity contribution in [2.24, 2.45) is 7.05 Å². The number of hydrogen-bond acceptors (Lipinski definition) is 1. The minimum atomic E-state index is 0.101. The lowest BCUT2D eigenvalue weighted by molar-refractivity contribution is -0.662. The summed E-state index contributed by atoms with van der Waals surface area (Å²) in [5.41, 5.74) is 11.5. The van der Waals surface area contributed by atoms with E-state index in [1.54, 1.807) is 0 Å². The van der Waals surface area contributed by atoms with Gasteiger partial charge in [0, 0.05) is 5.56 Å². The van der Waals surface area contributed by atoms with Crippen molar-refractivity contribution < 1.29 is 4.57 Å². The summed E-state index contributed by atoms with van der Waals surface area (Å²) in [5, 5.41) is 1.19. The van der Waals surface area contributed by atoms with Crippen molar-refractivity contribution in [3.8, 4) is 22.4 Å². The van der Waals surface area contributed by atoms with Gasteiger partial charge in [-0.1, -0.05) is 71.0 Å². The van der Waals surface area contributed by atoms with Crippen molar-refractivity contribution in [3.63, 3.8) is 0 Å². The Morgan fingerprint density at radius 2 is 1.50 bits per heavy atom. The van der Waals surface area contributed by atoms with E-state index < -0.39 is 0 Å². The van der Waals surface area contributed by atoms with Crippen molar-refractivity contribution in [2.45, 2.75) is 59.8 Å². The molecule has 0 fully saturated rings. The highest BCUT2D eigenvalue weighted by Gasteiger charge is 2.22. The Balaban J connectivity index is 1.89. The van der Waals surface area contributed by atoms with E-state index in [0.717, 1.165) is 5.52 Å². The summed E-state index contributed by atoms with van der Waals surface area (Å²) in [4.78, 5) is 4.79. The topological polar surface area (TPSA) is 16.8 Å². The predicted molar refractivity (Wildman–Crippen MR) is 136 cm³/mol. The van der Waals surface area contributed by atoms with E-state index in [1.807, 2.05) is 6.33 Å². The number of benzene rings is 3. The highest BCUT2D eigenvalue weighted by Crippen LogP contribution is 2.35. The van der Waals surface area contributed by atoms with Gasteiger partial charge in [-0.2, -0.15) is 0 Å². The van der Waals surface area contributed by atoms with Gasteiger partial charge in [0.2, 0.25) is 0 Å². The Bertz CT molecular complexity index is 1290. The van der Waals surface area contributed by atoms with Gasteiger partial charge in [-0.15, -0.1) is 0 Å². The summed E-state index contributed by atoms with van der Waals surface area (Å²) in [7, 11) is 2.10. The molecular formula is C30H35N2+. The van der Waals surface area contributed by atoms with Crippen molar-refractivity contribution in [1.29, 1.82) is 0 Å². The average molecular weight is 424 g/mol. The van der Waals surface area contributed by atoms with E-state index in [2.05, 4.69) is 115 Å². The van der Waals surface area contributed by atoms with E-state index >= 15 is 0 Å². The minimum absolute atomic E-state index is 0.101. The zero-order valence-electron chi connectivity index (χ0n) is 20.7. The standard InChI is InChI=1S/C30H35N2/c1-19(2)22-9-11-23(12-10-22)24-13-14-26-28(16-24)31-18-32(8)29(26)27-17-25(30(5,6)7)15-20(3)21(27)4/h9-19H,1-8H3/q+1. The molecule has 0 saturated carbocycles. The molecule has 0 radical (unpaired) electrons. The van der Waals surface area contributed by atoms with Crippen molar-refractivity contribution >= 4 is 10.9 Å². The van der Waals surface area contributed by atoms with Gasteiger partial charge in [0.25, 0.3) is 6.33 Å². The fourth-order valence-corrected chi connectivity index (χ4v) is 4.35. The summed E-state index contributed by atoms with van der Waals surface area (Å²) in [6.45, 7) is 15.8. The number of rotatable bonds is 3. The Labute approximate surface area is 193 Å². The first-order valence-electron chi connectivity index (χ1n) is 11.6. The van der Waals surface area contributed by atoms with Gasteiger partial charge >= 0.3 is 0 Å². The molecule has 2 nitrogen and oxygen atoms in total. The molecule has 0 N–H and O–H groups in total. The second kappa shape index (κ2) is 8.16. The van der Waals surface area contributed by atoms with Crippen LogP contribution in [0.15, 0.2) is 60.9 Å². The van der Waals surface area contributed by atoms with E-state index in [1.165, 1.54) is 50.0 Å². The number of aromatic nitrogens is 2. The van der Waals surface area contributed by atoms with Gasteiger partial charge in [0.15, 0.2) is 5.52 Å². The molecule has 2 heteroatoms. The molecule has 4 rings (SSSR count). The summed E-state index contributed by atoms with van der Waals surface area (Å²) < 4.78 is 2.16. The fraction of sp³-hybridized carbons (Fsp3) is 0.333. The quantitative estimate of drug-likeness (QED) is 0.313. The Kier molecular flexibility index (Phi) is 5.67. The highest BCUT2D eigenvalue weighted by atomic mass is 15.0. The number of aryl methyl sites for hydroxylation is 2. The summed E-state index contributed by atoms with van der Waals surface area (Å²) >= 11 is 0. The molecule has 0 aliphatic rings. The smallest absolute Gasteiger partial charge is 0.232 e. The maximum absolute atomic E-state index is 4.79. The van der Waals surface area contributed by atoms with Crippen molar-refractivity contribution in [1.82, 2.24) is 4.98 Å². The lowest BCUT2D eigenvalue weighted by atomic mass is 9.83. The first-order chi connectivity index (χ1) is 15.1. The summed E-state index contributed by atoms with van der Waals surface area (Å²) in [6.07, 6.45) is 1.95. The van der Waals surface area contributed by atoms with Crippen LogP contribution in [0, 0.1) is 13.8 Å². The molecular weight excluding hydrogens is 388 g/mol. The van der Waals surface area contributed by atoms with Gasteiger partial charge < -0.3 is 0 Å². The van der Waals surface area contributed by atoms with Gasteiger partial charge in [0.05, 0.1) is 12.4 Å². The molecule has 0 atom stereocenters. The Hall–Kier alpha value is -3.00. The van der Waals surface area contributed by atoms with Crippen LogP contribution in [-0.2, 0) is 12.5 Å². The maximum atomic E-state index is 4.79. The fourth-order valence-electron chi connectivity index (χ4n) is 4.35. The van der Waals surface area contributed by atoms with E-state index in [4.69, 9.17) is 4.98 Å². The highest BCUT2D eigenvalue weighted by molar-refractivity contribution is 5.94. The van der Waals surface area contributed by atoms with Crippen LogP contribution in [-0.4, -0.2) is 4.98 Å². The maximum Gasteiger partial charge on any atom is 0.287 e. The molecule has 0 bridgehead atoms. The molecule has 0 spiro atoms. The Morgan fingerprint density at radius 1 is 0.844 bits per heavy atom. The monoisotopic (exact) mass is 423 g/mol. The number of hydrogen-bond donors (Lipinski definition) is 0. The SMILES string of the molecule is Cc1cc(C(C)(C)C)cc(-c2c3ccc(-c4ccc(C(C)C)cc4)cc3nc[n+]2C)c1C. The van der Waals surface area contributed by atoms with Crippen LogP contribution in [0.3, 0.4) is 0 Å². The minimum Gasteiger partial charge on any atom is -0.232 e. The third kappa shape index (κ3) is 4.07. The third-order valence-corrected chi connectivity index (χ3v) is 6.67. The van der Waals surface area contributed by atoms with Gasteiger partial charge in [-0.05, 0) is 81.7 Å². The first-order valence-corrected chi connectivity index (χ1v) is 11.6. The molecule has 0 saturated heterocycles. The lowest BCUT2D eigenvalue weighted by Crippen LogP contribution is -2.32. The van der Waals surface area contributed by atoms with Crippen molar-refractivity contribution in [2.75, 3.05) is 0 Å². The molecule has 0 unspecified atom stereocenters. The molecule has 0 aliphatic carbocycles. The van der Waals surface area contributed by atoms with E-state index in [0.29, 0.717) is 5.92 Å². The molecule has 4 aromatic rings. The molecule has 3 aromatic carbocycles. The predicted octanol–water partition coefficient (Wildman–Crippen LogP) is 7.43. The second-order valence-electron chi connectivity index (χ2n) is 10.4. The van der Waals surface area contributed by atoms with Crippen LogP contribution in [0.4, 0.5) is 0 Å². The average Bonchev–Trinajstić information content (AvgIpc) is 2.75. The number of fused-ring (bicyclic) bond motifs is 1. The van der Waals surface area contributed by atoms with Crippen LogP contribution in [0.25, 0.3) is 33.3 Å². The van der Waals surface area contributed by atoms with Crippen molar-refractivity contribution in [3.05, 3.63) is 83.2 Å². The zero-order valence-corrected chi connectivity index (χ0v) is 20.7. The molecule has 32 heavy (non-hydrogen) atoms. The van der Waals surface area contributed by atoms with Gasteiger partial charge in [0.1, 0.15) is 5.69 Å². The molecule has 1 aromatic heterocycles. The van der Waals surface area contributed by atoms with Crippen LogP contribution in [0.5, 0.6) is 0 Å². The third-order valence-electron chi connectivity index (χ3n) is 6.67. The normalized spacial score (nSPS) is 12.0. The second-order valence-corrected chi connectivity index (χ2v) is 10.4. The molecule has 164 valence electrons. The summed E-state index contributed by atoms with van der Waals surface area (Å²) in [6, 6.07) is 20.3. The van der Waals surface area contributed by atoms with Crippen LogP contribution >= 0.6 is 0 Å². The van der Waals surface area contributed by atoms with Crippen LogP contribution < -0.4 is 4.57 Å². The molecule has 0 amide bonds. The van der Waals surface area contributed by atoms with E-state index in [-0.39, 0.29) is 5.41 Å². The van der Waals surface area contributed by atoms with E-state index in [9.17, 15) is 0 Å². The number of nitrogens with zero attached hydrogens (tertiary/aromatic N) is 2. The molecule has 0 aliphatic heterocycles.